The molecule has 2 aliphatic rings. The van der Waals surface area contributed by atoms with Crippen molar-refractivity contribution < 1.29 is 4.42 Å². The molecule has 1 aromatic heterocycles. The van der Waals surface area contributed by atoms with Gasteiger partial charge < -0.3 is 4.42 Å². The second-order valence-electron chi connectivity index (χ2n) is 19.0. The maximum Gasteiger partial charge on any atom is 0.227 e. The molecule has 2 aliphatic carbocycles. The van der Waals surface area contributed by atoms with Crippen LogP contribution in [-0.4, -0.2) is 4.98 Å². The standard InChI is InChI=1S/C63H45NO/c1-62(2)53-24-14-12-18-43(53)45-32-30-41(34-55(45)62)51-36-57-58(37-52(51)42-31-33-46-44-19-13-15-25-54(44)63(3,4)56(46)35-42)65-61(64-57)40-28-26-39(27-29-40)60-49-22-10-8-20-47(49)59(38-16-6-5-7-17-38)48-21-9-11-23-50(48)60/h5-37H,1-4H3. The number of oxazole rings is 1. The highest BCUT2D eigenvalue weighted by atomic mass is 16.3. The molecule has 2 heteroatoms. The molecule has 0 N–H and O–H groups in total. The van der Waals surface area contributed by atoms with Gasteiger partial charge in [-0.3, -0.25) is 0 Å². The summed E-state index contributed by atoms with van der Waals surface area (Å²) in [5.74, 6) is 0.611. The second kappa shape index (κ2) is 13.8. The fraction of sp³-hybridized carbons (Fsp3) is 0.0952. The Morgan fingerprint density at radius 3 is 1.25 bits per heavy atom. The van der Waals surface area contributed by atoms with E-state index in [-0.39, 0.29) is 10.8 Å². The van der Waals surface area contributed by atoms with Gasteiger partial charge in [-0.15, -0.1) is 0 Å². The molecule has 0 aliphatic heterocycles. The Morgan fingerprint density at radius 2 is 0.723 bits per heavy atom. The summed E-state index contributed by atoms with van der Waals surface area (Å²) in [5.41, 5.74) is 22.6. The Labute approximate surface area is 379 Å². The summed E-state index contributed by atoms with van der Waals surface area (Å²) in [4.78, 5) is 5.23. The SMILES string of the molecule is CC1(C)c2ccccc2-c2ccc(-c3cc4nc(-c5ccc(-c6c7ccccc7c(-c7ccccc7)c7ccccc67)cc5)oc4cc3-c3ccc4c(c3)C(C)(C)c3ccccc3-4)cc21. The van der Waals surface area contributed by atoms with Gasteiger partial charge in [0.15, 0.2) is 5.58 Å². The van der Waals surface area contributed by atoms with Gasteiger partial charge in [0.1, 0.15) is 5.52 Å². The number of hydrogen-bond donors (Lipinski definition) is 0. The molecule has 0 atom stereocenters. The molecule has 13 rings (SSSR count). The van der Waals surface area contributed by atoms with Crippen LogP contribution < -0.4 is 0 Å². The van der Waals surface area contributed by atoms with Gasteiger partial charge in [0, 0.05) is 16.4 Å². The van der Waals surface area contributed by atoms with Crippen LogP contribution >= 0.6 is 0 Å². The lowest BCUT2D eigenvalue weighted by atomic mass is 9.80. The zero-order valence-electron chi connectivity index (χ0n) is 36.9. The monoisotopic (exact) mass is 831 g/mol. The lowest BCUT2D eigenvalue weighted by molar-refractivity contribution is 0.620. The maximum atomic E-state index is 6.78. The molecule has 0 bridgehead atoms. The smallest absolute Gasteiger partial charge is 0.227 e. The quantitative estimate of drug-likeness (QED) is 0.162. The van der Waals surface area contributed by atoms with E-state index in [1.165, 1.54) is 93.9 Å². The summed E-state index contributed by atoms with van der Waals surface area (Å²) >= 11 is 0. The van der Waals surface area contributed by atoms with Gasteiger partial charge in [-0.2, -0.15) is 0 Å². The largest absolute Gasteiger partial charge is 0.436 e. The normalized spacial score (nSPS) is 14.1. The highest BCUT2D eigenvalue weighted by Gasteiger charge is 2.37. The lowest BCUT2D eigenvalue weighted by Crippen LogP contribution is -2.15. The van der Waals surface area contributed by atoms with E-state index in [0.29, 0.717) is 5.89 Å². The first-order chi connectivity index (χ1) is 31.7. The molecule has 308 valence electrons. The Balaban J connectivity index is 0.953. The van der Waals surface area contributed by atoms with E-state index in [0.717, 1.165) is 33.4 Å². The first-order valence-corrected chi connectivity index (χ1v) is 22.8. The minimum Gasteiger partial charge on any atom is -0.436 e. The Kier molecular flexibility index (Phi) is 8.03. The van der Waals surface area contributed by atoms with Gasteiger partial charge in [0.05, 0.1) is 0 Å². The van der Waals surface area contributed by atoms with E-state index in [1.54, 1.807) is 0 Å². The molecule has 0 amide bonds. The van der Waals surface area contributed by atoms with Crippen molar-refractivity contribution >= 4 is 32.6 Å². The van der Waals surface area contributed by atoms with E-state index in [9.17, 15) is 0 Å². The van der Waals surface area contributed by atoms with E-state index >= 15 is 0 Å². The summed E-state index contributed by atoms with van der Waals surface area (Å²) in [6.45, 7) is 9.41. The van der Waals surface area contributed by atoms with Crippen LogP contribution in [0.25, 0.3) is 111 Å². The summed E-state index contributed by atoms with van der Waals surface area (Å²) in [7, 11) is 0. The summed E-state index contributed by atoms with van der Waals surface area (Å²) in [6.07, 6.45) is 0. The number of aromatic nitrogens is 1. The van der Waals surface area contributed by atoms with Crippen molar-refractivity contribution in [2.45, 2.75) is 38.5 Å². The van der Waals surface area contributed by atoms with Crippen LogP contribution in [0.5, 0.6) is 0 Å². The zero-order valence-corrected chi connectivity index (χ0v) is 36.9. The van der Waals surface area contributed by atoms with Crippen molar-refractivity contribution in [2.75, 3.05) is 0 Å². The van der Waals surface area contributed by atoms with Crippen molar-refractivity contribution in [1.82, 2.24) is 4.98 Å². The number of hydrogen-bond acceptors (Lipinski definition) is 2. The predicted molar refractivity (Wildman–Crippen MR) is 271 cm³/mol. The van der Waals surface area contributed by atoms with Crippen molar-refractivity contribution in [3.63, 3.8) is 0 Å². The third kappa shape index (κ3) is 5.57. The molecule has 1 heterocycles. The van der Waals surface area contributed by atoms with Crippen molar-refractivity contribution in [3.05, 3.63) is 222 Å². The predicted octanol–water partition coefficient (Wildman–Crippen LogP) is 17.1. The maximum absolute atomic E-state index is 6.78. The third-order valence-corrected chi connectivity index (χ3v) is 14.7. The molecule has 65 heavy (non-hydrogen) atoms. The molecule has 10 aromatic carbocycles. The van der Waals surface area contributed by atoms with E-state index in [4.69, 9.17) is 9.40 Å². The first-order valence-electron chi connectivity index (χ1n) is 22.8. The van der Waals surface area contributed by atoms with Crippen molar-refractivity contribution in [1.29, 1.82) is 0 Å². The zero-order chi connectivity index (χ0) is 43.6. The van der Waals surface area contributed by atoms with Crippen molar-refractivity contribution in [3.8, 4) is 78.2 Å². The Morgan fingerprint density at radius 1 is 0.323 bits per heavy atom. The van der Waals surface area contributed by atoms with Crippen LogP contribution in [0.2, 0.25) is 0 Å². The minimum atomic E-state index is -0.121. The number of fused-ring (bicyclic) bond motifs is 9. The van der Waals surface area contributed by atoms with Crippen LogP contribution in [0.3, 0.4) is 0 Å². The third-order valence-electron chi connectivity index (χ3n) is 14.7. The average molecular weight is 832 g/mol. The number of benzene rings is 10. The van der Waals surface area contributed by atoms with Crippen LogP contribution in [0.4, 0.5) is 0 Å². The average Bonchev–Trinajstić information content (AvgIpc) is 3.95. The molecule has 0 unspecified atom stereocenters. The van der Waals surface area contributed by atoms with Gasteiger partial charge in [-0.1, -0.05) is 191 Å². The molecule has 2 nitrogen and oxygen atoms in total. The molecule has 0 spiro atoms. The van der Waals surface area contributed by atoms with Crippen LogP contribution in [0, 0.1) is 0 Å². The molecule has 0 radical (unpaired) electrons. The molecule has 11 aromatic rings. The van der Waals surface area contributed by atoms with E-state index in [2.05, 4.69) is 228 Å². The van der Waals surface area contributed by atoms with E-state index < -0.39 is 0 Å². The van der Waals surface area contributed by atoms with Gasteiger partial charge in [-0.25, -0.2) is 4.98 Å². The highest BCUT2D eigenvalue weighted by molar-refractivity contribution is 6.21. The molecule has 0 saturated carbocycles. The topological polar surface area (TPSA) is 26.0 Å². The molecule has 0 saturated heterocycles. The number of rotatable bonds is 5. The molecule has 0 fully saturated rings. The number of nitrogens with zero attached hydrogens (tertiary/aromatic N) is 1. The summed E-state index contributed by atoms with van der Waals surface area (Å²) in [6, 6.07) is 73.5. The second-order valence-corrected chi connectivity index (χ2v) is 19.0. The van der Waals surface area contributed by atoms with Gasteiger partial charge in [0.25, 0.3) is 0 Å². The van der Waals surface area contributed by atoms with Crippen LogP contribution in [0.15, 0.2) is 205 Å². The van der Waals surface area contributed by atoms with E-state index in [1.807, 2.05) is 0 Å². The highest BCUT2D eigenvalue weighted by Crippen LogP contribution is 2.53. The van der Waals surface area contributed by atoms with Crippen LogP contribution in [-0.2, 0) is 10.8 Å². The molecular weight excluding hydrogens is 787 g/mol. The van der Waals surface area contributed by atoms with Gasteiger partial charge in [0.2, 0.25) is 5.89 Å². The fourth-order valence-corrected chi connectivity index (χ4v) is 11.5. The van der Waals surface area contributed by atoms with Gasteiger partial charge >= 0.3 is 0 Å². The lowest BCUT2D eigenvalue weighted by Gasteiger charge is -2.23. The Bertz CT molecular complexity index is 3550. The van der Waals surface area contributed by atoms with Gasteiger partial charge in [-0.05, 0) is 147 Å². The summed E-state index contributed by atoms with van der Waals surface area (Å²) < 4.78 is 6.78. The Hall–Kier alpha value is -7.81. The van der Waals surface area contributed by atoms with Crippen LogP contribution in [0.1, 0.15) is 49.9 Å². The minimum absolute atomic E-state index is 0.120. The van der Waals surface area contributed by atoms with Crippen molar-refractivity contribution in [2.24, 2.45) is 0 Å². The molecular formula is C63H45NO. The fourth-order valence-electron chi connectivity index (χ4n) is 11.5. The summed E-state index contributed by atoms with van der Waals surface area (Å²) in [5, 5.41) is 4.96. The first kappa shape index (κ1) is 37.7.